The van der Waals surface area contributed by atoms with E-state index in [4.69, 9.17) is 10.00 Å². The van der Waals surface area contributed by atoms with Crippen molar-refractivity contribution in [2.75, 3.05) is 11.9 Å². The van der Waals surface area contributed by atoms with E-state index in [-0.39, 0.29) is 18.5 Å². The molecule has 0 unspecified atom stereocenters. The number of nitrogens with zero attached hydrogens (tertiary/aromatic N) is 1. The van der Waals surface area contributed by atoms with Gasteiger partial charge in [-0.05, 0) is 24.3 Å². The fraction of sp³-hybridized carbons (Fsp3) is 0.417. The highest BCUT2D eigenvalue weighted by Crippen LogP contribution is 2.27. The third-order valence-corrected chi connectivity index (χ3v) is 3.65. The number of ether oxygens (including phenoxy) is 1. The fourth-order valence-electron chi connectivity index (χ4n) is 1.56. The van der Waals surface area contributed by atoms with Crippen LogP contribution >= 0.6 is 11.3 Å². The van der Waals surface area contributed by atoms with Gasteiger partial charge in [0, 0.05) is 0 Å². The number of thiophene rings is 1. The first kappa shape index (κ1) is 12.6. The molecule has 1 aliphatic carbocycles. The van der Waals surface area contributed by atoms with Gasteiger partial charge < -0.3 is 10.1 Å². The largest absolute Gasteiger partial charge is 0.455 e. The molecule has 0 aliphatic heterocycles. The molecule has 1 aromatic heterocycles. The van der Waals surface area contributed by atoms with Crippen LogP contribution in [0.4, 0.5) is 5.00 Å². The first-order valence-electron chi connectivity index (χ1n) is 5.65. The smallest absolute Gasteiger partial charge is 0.309 e. The molecule has 0 aromatic carbocycles. The summed E-state index contributed by atoms with van der Waals surface area (Å²) in [4.78, 5) is 22.9. The van der Waals surface area contributed by atoms with Gasteiger partial charge in [-0.15, -0.1) is 11.3 Å². The van der Waals surface area contributed by atoms with Gasteiger partial charge in [-0.25, -0.2) is 0 Å². The van der Waals surface area contributed by atoms with Gasteiger partial charge >= 0.3 is 5.97 Å². The molecular formula is C12H12N2O3S. The van der Waals surface area contributed by atoms with Gasteiger partial charge in [-0.3, -0.25) is 9.59 Å². The number of nitrogens with one attached hydrogen (secondary N) is 1. The van der Waals surface area contributed by atoms with Crippen LogP contribution in [0, 0.1) is 17.2 Å². The van der Waals surface area contributed by atoms with E-state index in [2.05, 4.69) is 5.32 Å². The van der Waals surface area contributed by atoms with Crippen LogP contribution in [-0.4, -0.2) is 18.5 Å². The Bertz CT molecular complexity index is 500. The van der Waals surface area contributed by atoms with Crippen LogP contribution in [0.3, 0.4) is 0 Å². The number of carbonyl (C=O) groups is 2. The summed E-state index contributed by atoms with van der Waals surface area (Å²) in [6, 6.07) is 3.60. The van der Waals surface area contributed by atoms with Gasteiger partial charge in [0.25, 0.3) is 5.91 Å². The Hall–Kier alpha value is -1.87. The van der Waals surface area contributed by atoms with E-state index in [0.717, 1.165) is 19.3 Å². The maximum absolute atomic E-state index is 11.5. The van der Waals surface area contributed by atoms with E-state index >= 15 is 0 Å². The van der Waals surface area contributed by atoms with Crippen LogP contribution in [0.15, 0.2) is 11.4 Å². The number of nitriles is 1. The first-order valence-corrected chi connectivity index (χ1v) is 6.52. The lowest BCUT2D eigenvalue weighted by molar-refractivity contribution is -0.154. The highest BCUT2D eigenvalue weighted by atomic mass is 32.1. The predicted octanol–water partition coefficient (Wildman–Crippen LogP) is 1.90. The molecule has 1 N–H and O–H groups in total. The summed E-state index contributed by atoms with van der Waals surface area (Å²) in [7, 11) is 0. The fourth-order valence-corrected chi connectivity index (χ4v) is 2.31. The average Bonchev–Trinajstić information content (AvgIpc) is 2.71. The maximum atomic E-state index is 11.5. The van der Waals surface area contributed by atoms with Gasteiger partial charge in [0.05, 0.1) is 11.5 Å². The van der Waals surface area contributed by atoms with Crippen molar-refractivity contribution in [3.8, 4) is 6.07 Å². The highest BCUT2D eigenvalue weighted by Gasteiger charge is 2.27. The van der Waals surface area contributed by atoms with Gasteiger partial charge in [0.2, 0.25) is 0 Å². The second-order valence-electron chi connectivity index (χ2n) is 4.06. The summed E-state index contributed by atoms with van der Waals surface area (Å²) in [5, 5.41) is 13.5. The zero-order chi connectivity index (χ0) is 13.0. The van der Waals surface area contributed by atoms with Crippen LogP contribution < -0.4 is 5.32 Å². The standard InChI is InChI=1S/C12H12N2O3S/c13-6-9-4-5-18-11(9)14-10(15)7-17-12(16)8-2-1-3-8/h4-5,8H,1-3,7H2,(H,14,15). The molecule has 5 nitrogen and oxygen atoms in total. The Morgan fingerprint density at radius 1 is 1.56 bits per heavy atom. The lowest BCUT2D eigenvalue weighted by Gasteiger charge is -2.22. The molecule has 1 saturated carbocycles. The minimum Gasteiger partial charge on any atom is -0.455 e. The lowest BCUT2D eigenvalue weighted by Crippen LogP contribution is -2.28. The van der Waals surface area contributed by atoms with E-state index < -0.39 is 5.91 Å². The van der Waals surface area contributed by atoms with Crippen molar-refractivity contribution in [3.63, 3.8) is 0 Å². The molecular weight excluding hydrogens is 252 g/mol. The number of hydrogen-bond acceptors (Lipinski definition) is 5. The molecule has 18 heavy (non-hydrogen) atoms. The van der Waals surface area contributed by atoms with E-state index in [1.54, 1.807) is 11.4 Å². The summed E-state index contributed by atoms with van der Waals surface area (Å²) in [6.45, 7) is -0.294. The quantitative estimate of drug-likeness (QED) is 0.842. The summed E-state index contributed by atoms with van der Waals surface area (Å²) in [6.07, 6.45) is 2.75. The van der Waals surface area contributed by atoms with Crippen molar-refractivity contribution in [2.45, 2.75) is 19.3 Å². The predicted molar refractivity (Wildman–Crippen MR) is 66.0 cm³/mol. The molecule has 0 radical (unpaired) electrons. The monoisotopic (exact) mass is 264 g/mol. The van der Waals surface area contributed by atoms with E-state index in [1.807, 2.05) is 6.07 Å². The number of rotatable bonds is 4. The molecule has 1 aromatic rings. The SMILES string of the molecule is N#Cc1ccsc1NC(=O)COC(=O)C1CCC1. The van der Waals surface area contributed by atoms with E-state index in [0.29, 0.717) is 10.6 Å². The number of amides is 1. The number of hydrogen-bond donors (Lipinski definition) is 1. The minimum atomic E-state index is -0.415. The second-order valence-corrected chi connectivity index (χ2v) is 4.98. The molecule has 0 saturated heterocycles. The topological polar surface area (TPSA) is 79.2 Å². The molecule has 2 rings (SSSR count). The Balaban J connectivity index is 1.78. The summed E-state index contributed by atoms with van der Waals surface area (Å²) in [5.41, 5.74) is 0.415. The van der Waals surface area contributed by atoms with Crippen LogP contribution in [-0.2, 0) is 14.3 Å². The van der Waals surface area contributed by atoms with Crippen molar-refractivity contribution in [1.29, 1.82) is 5.26 Å². The third-order valence-electron chi connectivity index (χ3n) is 2.82. The molecule has 0 bridgehead atoms. The Morgan fingerprint density at radius 3 is 2.94 bits per heavy atom. The van der Waals surface area contributed by atoms with Crippen LogP contribution in [0.2, 0.25) is 0 Å². The number of esters is 1. The lowest BCUT2D eigenvalue weighted by atomic mass is 9.86. The van der Waals surface area contributed by atoms with E-state index in [9.17, 15) is 9.59 Å². The Labute approximate surface area is 108 Å². The third kappa shape index (κ3) is 2.87. The molecule has 0 atom stereocenters. The zero-order valence-corrected chi connectivity index (χ0v) is 10.5. The maximum Gasteiger partial charge on any atom is 0.309 e. The molecule has 1 fully saturated rings. The second kappa shape index (κ2) is 5.65. The molecule has 0 spiro atoms. The highest BCUT2D eigenvalue weighted by molar-refractivity contribution is 7.14. The normalized spacial score (nSPS) is 14.4. The van der Waals surface area contributed by atoms with Gasteiger partial charge in [-0.2, -0.15) is 5.26 Å². The van der Waals surface area contributed by atoms with Crippen molar-refractivity contribution in [3.05, 3.63) is 17.0 Å². The Kier molecular flexibility index (Phi) is 3.95. The molecule has 1 amide bonds. The van der Waals surface area contributed by atoms with Gasteiger partial charge in [-0.1, -0.05) is 6.42 Å². The molecule has 6 heteroatoms. The molecule has 1 heterocycles. The van der Waals surface area contributed by atoms with Crippen LogP contribution in [0.5, 0.6) is 0 Å². The zero-order valence-electron chi connectivity index (χ0n) is 9.64. The summed E-state index contributed by atoms with van der Waals surface area (Å²) < 4.78 is 4.90. The summed E-state index contributed by atoms with van der Waals surface area (Å²) >= 11 is 1.26. The van der Waals surface area contributed by atoms with Crippen molar-refractivity contribution in [2.24, 2.45) is 5.92 Å². The molecule has 94 valence electrons. The van der Waals surface area contributed by atoms with Gasteiger partial charge in [0.15, 0.2) is 6.61 Å². The number of carbonyl (C=O) groups excluding carboxylic acids is 2. The Morgan fingerprint density at radius 2 is 2.33 bits per heavy atom. The van der Waals surface area contributed by atoms with Crippen molar-refractivity contribution < 1.29 is 14.3 Å². The van der Waals surface area contributed by atoms with Crippen molar-refractivity contribution >= 4 is 28.2 Å². The minimum absolute atomic E-state index is 0.0331. The van der Waals surface area contributed by atoms with E-state index in [1.165, 1.54) is 11.3 Å². The molecule has 1 aliphatic rings. The first-order chi connectivity index (χ1) is 8.70. The average molecular weight is 264 g/mol. The van der Waals surface area contributed by atoms with Gasteiger partial charge in [0.1, 0.15) is 11.1 Å². The summed E-state index contributed by atoms with van der Waals surface area (Å²) in [5.74, 6) is -0.751. The van der Waals surface area contributed by atoms with Crippen molar-refractivity contribution in [1.82, 2.24) is 0 Å². The van der Waals surface area contributed by atoms with Crippen LogP contribution in [0.25, 0.3) is 0 Å². The number of anilines is 1. The van der Waals surface area contributed by atoms with Crippen LogP contribution in [0.1, 0.15) is 24.8 Å².